The van der Waals surface area contributed by atoms with E-state index < -0.39 is 0 Å². The van der Waals surface area contributed by atoms with Gasteiger partial charge in [-0.25, -0.2) is 0 Å². The Labute approximate surface area is 125 Å². The highest BCUT2D eigenvalue weighted by Crippen LogP contribution is 2.19. The number of esters is 1. The monoisotopic (exact) mass is 282 g/mol. The quantitative estimate of drug-likeness (QED) is 0.354. The number of hydrogen-bond acceptors (Lipinski definition) is 2. The van der Waals surface area contributed by atoms with Crippen molar-refractivity contribution in [1.29, 1.82) is 0 Å². The fraction of sp³-hybridized carbons (Fsp3) is 0.944. The molecular formula is C18H34O2. The molecule has 1 unspecified atom stereocenters. The lowest BCUT2D eigenvalue weighted by atomic mass is 10.0. The van der Waals surface area contributed by atoms with E-state index in [9.17, 15) is 4.79 Å². The predicted octanol–water partition coefficient (Wildman–Crippen LogP) is 5.78. The van der Waals surface area contributed by atoms with E-state index in [2.05, 4.69) is 6.92 Å². The zero-order valence-corrected chi connectivity index (χ0v) is 13.5. The van der Waals surface area contributed by atoms with E-state index >= 15 is 0 Å². The van der Waals surface area contributed by atoms with E-state index in [1.807, 2.05) is 0 Å². The maximum absolute atomic E-state index is 11.4. The molecule has 2 nitrogen and oxygen atoms in total. The molecule has 1 rings (SSSR count). The summed E-state index contributed by atoms with van der Waals surface area (Å²) >= 11 is 0. The van der Waals surface area contributed by atoms with Crippen LogP contribution in [0.3, 0.4) is 0 Å². The molecule has 1 atom stereocenters. The first-order valence-electron chi connectivity index (χ1n) is 9.02. The summed E-state index contributed by atoms with van der Waals surface area (Å²) < 4.78 is 5.45. The molecule has 0 aromatic rings. The van der Waals surface area contributed by atoms with Gasteiger partial charge in [-0.15, -0.1) is 0 Å². The van der Waals surface area contributed by atoms with Crippen LogP contribution in [0.1, 0.15) is 103 Å². The van der Waals surface area contributed by atoms with Gasteiger partial charge in [-0.2, -0.15) is 0 Å². The van der Waals surface area contributed by atoms with Crippen LogP contribution >= 0.6 is 0 Å². The first-order chi connectivity index (χ1) is 9.83. The third kappa shape index (κ3) is 9.39. The van der Waals surface area contributed by atoms with Crippen molar-refractivity contribution < 1.29 is 9.53 Å². The lowest BCUT2D eigenvalue weighted by Crippen LogP contribution is -2.15. The first-order valence-corrected chi connectivity index (χ1v) is 9.02. The lowest BCUT2D eigenvalue weighted by Gasteiger charge is -2.14. The smallest absolute Gasteiger partial charge is 0.306 e. The van der Waals surface area contributed by atoms with E-state index in [1.54, 1.807) is 0 Å². The first kappa shape index (κ1) is 17.5. The molecule has 1 fully saturated rings. The van der Waals surface area contributed by atoms with Crippen LogP contribution in [0.15, 0.2) is 0 Å². The average Bonchev–Trinajstić information content (AvgIpc) is 2.65. The fourth-order valence-corrected chi connectivity index (χ4v) is 3.01. The van der Waals surface area contributed by atoms with Gasteiger partial charge in [0, 0.05) is 6.42 Å². The van der Waals surface area contributed by atoms with Crippen LogP contribution in [-0.2, 0) is 9.53 Å². The van der Waals surface area contributed by atoms with Gasteiger partial charge in [0.15, 0.2) is 0 Å². The molecule has 1 aliphatic rings. The van der Waals surface area contributed by atoms with Crippen molar-refractivity contribution in [2.75, 3.05) is 0 Å². The minimum Gasteiger partial charge on any atom is -0.462 e. The summed E-state index contributed by atoms with van der Waals surface area (Å²) in [6, 6.07) is 0. The summed E-state index contributed by atoms with van der Waals surface area (Å²) in [5.41, 5.74) is 0. The van der Waals surface area contributed by atoms with Crippen molar-refractivity contribution in [2.45, 2.75) is 109 Å². The Morgan fingerprint density at radius 1 is 0.900 bits per heavy atom. The standard InChI is InChI=1S/C18H34O2/c1-2-3-4-5-6-7-8-9-10-11-14-17-15-12-13-16-18(19)20-17/h17H,2-16H2,1H3. The molecule has 0 amide bonds. The highest BCUT2D eigenvalue weighted by molar-refractivity contribution is 5.69. The minimum absolute atomic E-state index is 0.0274. The maximum Gasteiger partial charge on any atom is 0.306 e. The third-order valence-electron chi connectivity index (χ3n) is 4.33. The predicted molar refractivity (Wildman–Crippen MR) is 84.8 cm³/mol. The molecule has 0 bridgehead atoms. The van der Waals surface area contributed by atoms with Gasteiger partial charge in [0.25, 0.3) is 0 Å². The molecule has 20 heavy (non-hydrogen) atoms. The van der Waals surface area contributed by atoms with Crippen molar-refractivity contribution in [3.8, 4) is 0 Å². The second-order valence-corrected chi connectivity index (χ2v) is 6.33. The highest BCUT2D eigenvalue weighted by atomic mass is 16.5. The van der Waals surface area contributed by atoms with Crippen molar-refractivity contribution in [3.63, 3.8) is 0 Å². The van der Waals surface area contributed by atoms with E-state index in [4.69, 9.17) is 4.74 Å². The number of hydrogen-bond donors (Lipinski definition) is 0. The number of cyclic esters (lactones) is 1. The Hall–Kier alpha value is -0.530. The number of carbonyl (C=O) groups excluding carboxylic acids is 1. The Morgan fingerprint density at radius 2 is 1.50 bits per heavy atom. The molecule has 0 radical (unpaired) electrons. The maximum atomic E-state index is 11.4. The van der Waals surface area contributed by atoms with Crippen molar-refractivity contribution in [1.82, 2.24) is 0 Å². The summed E-state index contributed by atoms with van der Waals surface area (Å²) in [7, 11) is 0. The van der Waals surface area contributed by atoms with E-state index in [0.29, 0.717) is 6.42 Å². The molecule has 0 spiro atoms. The van der Waals surface area contributed by atoms with E-state index in [1.165, 1.54) is 64.2 Å². The fourth-order valence-electron chi connectivity index (χ4n) is 3.01. The Kier molecular flexibility index (Phi) is 10.7. The number of unbranched alkanes of at least 4 members (excludes halogenated alkanes) is 9. The largest absolute Gasteiger partial charge is 0.462 e. The molecule has 2 heteroatoms. The van der Waals surface area contributed by atoms with Gasteiger partial charge in [-0.1, -0.05) is 64.7 Å². The molecule has 0 saturated carbocycles. The topological polar surface area (TPSA) is 26.3 Å². The van der Waals surface area contributed by atoms with Gasteiger partial charge < -0.3 is 4.74 Å². The molecule has 1 heterocycles. The summed E-state index contributed by atoms with van der Waals surface area (Å²) in [6.45, 7) is 2.27. The van der Waals surface area contributed by atoms with Crippen LogP contribution in [0, 0.1) is 0 Å². The Morgan fingerprint density at radius 3 is 2.15 bits per heavy atom. The molecule has 0 aromatic heterocycles. The van der Waals surface area contributed by atoms with Crippen LogP contribution in [0.25, 0.3) is 0 Å². The molecule has 118 valence electrons. The molecule has 0 aliphatic carbocycles. The van der Waals surface area contributed by atoms with Crippen LogP contribution in [0.4, 0.5) is 0 Å². The van der Waals surface area contributed by atoms with Gasteiger partial charge in [0.05, 0.1) is 0 Å². The van der Waals surface area contributed by atoms with E-state index in [0.717, 1.165) is 25.7 Å². The molecule has 0 aromatic carbocycles. The summed E-state index contributed by atoms with van der Waals surface area (Å²) in [5, 5.41) is 0. The van der Waals surface area contributed by atoms with Gasteiger partial charge in [0.1, 0.15) is 6.10 Å². The second kappa shape index (κ2) is 12.2. The summed E-state index contributed by atoms with van der Waals surface area (Å²) in [4.78, 5) is 11.4. The lowest BCUT2D eigenvalue weighted by molar-refractivity contribution is -0.148. The number of ether oxygens (including phenoxy) is 1. The zero-order chi connectivity index (χ0) is 14.5. The normalized spacial score (nSPS) is 19.6. The summed E-state index contributed by atoms with van der Waals surface area (Å²) in [6.07, 6.45) is 18.9. The van der Waals surface area contributed by atoms with E-state index in [-0.39, 0.29) is 12.1 Å². The Bertz CT molecular complexity index is 238. The third-order valence-corrected chi connectivity index (χ3v) is 4.33. The van der Waals surface area contributed by atoms with Gasteiger partial charge in [0.2, 0.25) is 0 Å². The Balaban J connectivity index is 1.85. The molecule has 0 N–H and O–H groups in total. The molecule has 1 aliphatic heterocycles. The molecule has 1 saturated heterocycles. The minimum atomic E-state index is 0.0274. The second-order valence-electron chi connectivity index (χ2n) is 6.33. The van der Waals surface area contributed by atoms with Crippen LogP contribution in [0.5, 0.6) is 0 Å². The van der Waals surface area contributed by atoms with Crippen LogP contribution in [0.2, 0.25) is 0 Å². The van der Waals surface area contributed by atoms with Gasteiger partial charge >= 0.3 is 5.97 Å². The van der Waals surface area contributed by atoms with Gasteiger partial charge in [-0.3, -0.25) is 4.79 Å². The van der Waals surface area contributed by atoms with Crippen molar-refractivity contribution in [2.24, 2.45) is 0 Å². The van der Waals surface area contributed by atoms with Crippen molar-refractivity contribution in [3.05, 3.63) is 0 Å². The number of carbonyl (C=O) groups is 1. The SMILES string of the molecule is CCCCCCCCCCCCC1CCCCC(=O)O1. The number of rotatable bonds is 11. The summed E-state index contributed by atoms with van der Waals surface area (Å²) in [5.74, 6) is 0.0274. The molecular weight excluding hydrogens is 248 g/mol. The van der Waals surface area contributed by atoms with Crippen LogP contribution in [-0.4, -0.2) is 12.1 Å². The zero-order valence-electron chi connectivity index (χ0n) is 13.5. The van der Waals surface area contributed by atoms with Crippen molar-refractivity contribution >= 4 is 5.97 Å². The van der Waals surface area contributed by atoms with Gasteiger partial charge in [-0.05, 0) is 32.1 Å². The van der Waals surface area contributed by atoms with Crippen LogP contribution < -0.4 is 0 Å². The average molecular weight is 282 g/mol. The highest BCUT2D eigenvalue weighted by Gasteiger charge is 2.17.